The molecule has 7 heteroatoms. The molecule has 1 aliphatic carbocycles. The van der Waals surface area contributed by atoms with E-state index in [0.717, 1.165) is 48.9 Å². The normalized spacial score (nSPS) is 20.2. The van der Waals surface area contributed by atoms with Crippen LogP contribution in [0.3, 0.4) is 0 Å². The molecular formula is C18H23N3O2S2. The van der Waals surface area contributed by atoms with Gasteiger partial charge in [0.1, 0.15) is 4.83 Å². The summed E-state index contributed by atoms with van der Waals surface area (Å²) in [6, 6.07) is 0.321. The van der Waals surface area contributed by atoms with E-state index in [2.05, 4.69) is 6.92 Å². The zero-order chi connectivity index (χ0) is 17.6. The number of hydrogen-bond donors (Lipinski definition) is 0. The summed E-state index contributed by atoms with van der Waals surface area (Å²) in [5.41, 5.74) is 1.24. The Hall–Kier alpha value is -1.34. The van der Waals surface area contributed by atoms with E-state index in [-0.39, 0.29) is 11.5 Å². The van der Waals surface area contributed by atoms with Crippen molar-refractivity contribution < 1.29 is 4.79 Å². The molecule has 1 saturated heterocycles. The molecule has 0 aromatic carbocycles. The average molecular weight is 378 g/mol. The number of aryl methyl sites for hydroxylation is 2. The van der Waals surface area contributed by atoms with E-state index in [1.165, 1.54) is 28.6 Å². The van der Waals surface area contributed by atoms with E-state index < -0.39 is 0 Å². The third-order valence-electron chi connectivity index (χ3n) is 5.35. The van der Waals surface area contributed by atoms with Crippen LogP contribution in [0.15, 0.2) is 9.95 Å². The van der Waals surface area contributed by atoms with Gasteiger partial charge in [0.2, 0.25) is 5.91 Å². The van der Waals surface area contributed by atoms with Crippen molar-refractivity contribution in [3.8, 4) is 0 Å². The minimum absolute atomic E-state index is 0.0330. The van der Waals surface area contributed by atoms with Crippen LogP contribution in [0.1, 0.15) is 43.0 Å². The highest BCUT2D eigenvalue weighted by atomic mass is 32.2. The highest BCUT2D eigenvalue weighted by Gasteiger charge is 2.25. The molecule has 3 heterocycles. The first kappa shape index (κ1) is 17.1. The summed E-state index contributed by atoms with van der Waals surface area (Å²) in [5.74, 6) is 0.501. The van der Waals surface area contributed by atoms with Crippen LogP contribution in [-0.2, 0) is 24.7 Å². The van der Waals surface area contributed by atoms with Crippen molar-refractivity contribution in [1.82, 2.24) is 14.5 Å². The number of thioether (sulfide) groups is 1. The molecule has 4 rings (SSSR count). The molecule has 0 radical (unpaired) electrons. The zero-order valence-corrected chi connectivity index (χ0v) is 16.3. The Morgan fingerprint density at radius 2 is 2.16 bits per heavy atom. The first-order chi connectivity index (χ1) is 12.1. The van der Waals surface area contributed by atoms with Gasteiger partial charge in [-0.3, -0.25) is 14.2 Å². The molecule has 5 nitrogen and oxygen atoms in total. The molecule has 0 N–H and O–H groups in total. The zero-order valence-electron chi connectivity index (χ0n) is 14.7. The van der Waals surface area contributed by atoms with Gasteiger partial charge in [0.05, 0.1) is 11.1 Å². The van der Waals surface area contributed by atoms with E-state index in [1.54, 1.807) is 23.0 Å². The molecule has 1 atom stereocenters. The fourth-order valence-corrected chi connectivity index (χ4v) is 6.07. The van der Waals surface area contributed by atoms with Gasteiger partial charge in [0.25, 0.3) is 5.56 Å². The van der Waals surface area contributed by atoms with Crippen molar-refractivity contribution in [3.05, 3.63) is 20.8 Å². The van der Waals surface area contributed by atoms with Crippen molar-refractivity contribution in [2.45, 2.75) is 56.6 Å². The smallest absolute Gasteiger partial charge is 0.262 e. The molecule has 0 bridgehead atoms. The van der Waals surface area contributed by atoms with Crippen LogP contribution >= 0.6 is 23.1 Å². The van der Waals surface area contributed by atoms with Gasteiger partial charge in [-0.05, 0) is 51.0 Å². The largest absolute Gasteiger partial charge is 0.339 e. The summed E-state index contributed by atoms with van der Waals surface area (Å²) in [6.45, 7) is 2.97. The Kier molecular flexibility index (Phi) is 4.62. The van der Waals surface area contributed by atoms with E-state index in [4.69, 9.17) is 4.98 Å². The molecule has 2 aromatic heterocycles. The third kappa shape index (κ3) is 3.01. The molecule has 1 fully saturated rings. The second kappa shape index (κ2) is 6.76. The van der Waals surface area contributed by atoms with E-state index in [1.807, 2.05) is 4.90 Å². The predicted molar refractivity (Wildman–Crippen MR) is 103 cm³/mol. The molecule has 1 amide bonds. The van der Waals surface area contributed by atoms with Crippen molar-refractivity contribution in [1.29, 1.82) is 0 Å². The van der Waals surface area contributed by atoms with Crippen LogP contribution in [0.2, 0.25) is 0 Å². The van der Waals surface area contributed by atoms with Gasteiger partial charge in [-0.1, -0.05) is 11.8 Å². The van der Waals surface area contributed by atoms with Crippen LogP contribution in [0.25, 0.3) is 10.2 Å². The van der Waals surface area contributed by atoms with Gasteiger partial charge in [0.15, 0.2) is 5.16 Å². The summed E-state index contributed by atoms with van der Waals surface area (Å²) >= 11 is 3.04. The fourth-order valence-electron chi connectivity index (χ4n) is 3.91. The van der Waals surface area contributed by atoms with Crippen molar-refractivity contribution in [2.24, 2.45) is 7.05 Å². The Morgan fingerprint density at radius 1 is 1.32 bits per heavy atom. The lowest BCUT2D eigenvalue weighted by molar-refractivity contribution is -0.131. The summed E-state index contributed by atoms with van der Waals surface area (Å²) in [7, 11) is 1.77. The third-order valence-corrected chi connectivity index (χ3v) is 7.55. The van der Waals surface area contributed by atoms with Gasteiger partial charge in [-0.15, -0.1) is 11.3 Å². The van der Waals surface area contributed by atoms with Crippen molar-refractivity contribution in [3.63, 3.8) is 0 Å². The number of thiophene rings is 1. The molecule has 0 spiro atoms. The molecule has 25 heavy (non-hydrogen) atoms. The van der Waals surface area contributed by atoms with Gasteiger partial charge in [-0.25, -0.2) is 4.98 Å². The van der Waals surface area contributed by atoms with Crippen LogP contribution < -0.4 is 5.56 Å². The van der Waals surface area contributed by atoms with Gasteiger partial charge in [-0.2, -0.15) is 0 Å². The maximum atomic E-state index is 12.8. The highest BCUT2D eigenvalue weighted by Crippen LogP contribution is 2.35. The number of fused-ring (bicyclic) bond motifs is 3. The second-order valence-electron chi connectivity index (χ2n) is 7.02. The van der Waals surface area contributed by atoms with Crippen LogP contribution in [0.5, 0.6) is 0 Å². The van der Waals surface area contributed by atoms with E-state index >= 15 is 0 Å². The Morgan fingerprint density at radius 3 is 2.96 bits per heavy atom. The van der Waals surface area contributed by atoms with Crippen LogP contribution in [0.4, 0.5) is 0 Å². The number of aromatic nitrogens is 2. The number of likely N-dealkylation sites (tertiary alicyclic amines) is 1. The lowest BCUT2D eigenvalue weighted by atomic mass is 10.0. The molecule has 2 aliphatic rings. The number of hydrogen-bond acceptors (Lipinski definition) is 5. The van der Waals surface area contributed by atoms with Gasteiger partial charge in [0, 0.05) is 24.5 Å². The SMILES string of the molecule is C[C@H]1CCCCN1C(=O)CSc1nc2sc3c(c2c(=O)n1C)CCC3. The molecule has 134 valence electrons. The predicted octanol–water partition coefficient (Wildman–Crippen LogP) is 2.98. The first-order valence-corrected chi connectivity index (χ1v) is 10.8. The van der Waals surface area contributed by atoms with E-state index in [0.29, 0.717) is 17.0 Å². The number of piperidine rings is 1. The molecule has 1 aliphatic heterocycles. The number of carbonyl (C=O) groups is 1. The standard InChI is InChI=1S/C18H23N3O2S2/c1-11-6-3-4-9-21(11)14(22)10-24-18-19-16-15(17(23)20(18)2)12-7-5-8-13(12)25-16/h11H,3-10H2,1-2H3/t11-/m0/s1. The van der Waals surface area contributed by atoms with Crippen molar-refractivity contribution >= 4 is 39.2 Å². The monoisotopic (exact) mass is 377 g/mol. The maximum absolute atomic E-state index is 12.8. The number of amides is 1. The summed E-state index contributed by atoms with van der Waals surface area (Å²) in [5, 5.41) is 1.45. The highest BCUT2D eigenvalue weighted by molar-refractivity contribution is 7.99. The summed E-state index contributed by atoms with van der Waals surface area (Å²) in [4.78, 5) is 34.2. The number of carbonyl (C=O) groups excluding carboxylic acids is 1. The van der Waals surface area contributed by atoms with Crippen molar-refractivity contribution in [2.75, 3.05) is 12.3 Å². The summed E-state index contributed by atoms with van der Waals surface area (Å²) in [6.07, 6.45) is 6.56. The van der Waals surface area contributed by atoms with E-state index in [9.17, 15) is 9.59 Å². The molecule has 0 unspecified atom stereocenters. The topological polar surface area (TPSA) is 55.2 Å². The quantitative estimate of drug-likeness (QED) is 0.610. The van der Waals surface area contributed by atoms with Crippen LogP contribution in [-0.4, -0.2) is 38.7 Å². The maximum Gasteiger partial charge on any atom is 0.262 e. The van der Waals surface area contributed by atoms with Gasteiger partial charge < -0.3 is 4.90 Å². The lowest BCUT2D eigenvalue weighted by Gasteiger charge is -2.33. The number of nitrogens with zero attached hydrogens (tertiary/aromatic N) is 3. The van der Waals surface area contributed by atoms with Gasteiger partial charge >= 0.3 is 0 Å². The summed E-state index contributed by atoms with van der Waals surface area (Å²) < 4.78 is 1.62. The molecule has 0 saturated carbocycles. The molecule has 2 aromatic rings. The Bertz CT molecular complexity index is 887. The Labute approximate surface area is 155 Å². The minimum atomic E-state index is 0.0330. The van der Waals surface area contributed by atoms with Crippen LogP contribution in [0, 0.1) is 0 Å². The fraction of sp³-hybridized carbons (Fsp3) is 0.611. The second-order valence-corrected chi connectivity index (χ2v) is 9.04. The average Bonchev–Trinajstić information content (AvgIpc) is 3.17. The molecular weight excluding hydrogens is 354 g/mol. The Balaban J connectivity index is 1.57. The lowest BCUT2D eigenvalue weighted by Crippen LogP contribution is -2.43. The number of rotatable bonds is 3. The minimum Gasteiger partial charge on any atom is -0.339 e. The first-order valence-electron chi connectivity index (χ1n) is 9.00.